The van der Waals surface area contributed by atoms with Crippen molar-refractivity contribution in [3.8, 4) is 12.3 Å². The second-order valence-electron chi connectivity index (χ2n) is 13.1. The molecule has 2 aliphatic rings. The molecule has 0 bridgehead atoms. The lowest BCUT2D eigenvalue weighted by atomic mass is 9.59. The Labute approximate surface area is 209 Å². The largest absolute Gasteiger partial charge is 0.444 e. The average Bonchev–Trinajstić information content (AvgIpc) is 3.24. The Morgan fingerprint density at radius 3 is 2.15 bits per heavy atom. The van der Waals surface area contributed by atoms with Crippen molar-refractivity contribution in [3.63, 3.8) is 0 Å². The van der Waals surface area contributed by atoms with Gasteiger partial charge in [-0.3, -0.25) is 0 Å². The van der Waals surface area contributed by atoms with Gasteiger partial charge in [0.05, 0.1) is 19.3 Å². The molecule has 3 atom stereocenters. The molecular weight excluding hydrogens is 446 g/mol. The summed E-state index contributed by atoms with van der Waals surface area (Å²) < 4.78 is 25.0. The van der Waals surface area contributed by atoms with Gasteiger partial charge in [-0.25, -0.2) is 4.79 Å². The van der Waals surface area contributed by atoms with Gasteiger partial charge in [0.15, 0.2) is 14.1 Å². The lowest BCUT2D eigenvalue weighted by molar-refractivity contribution is -0.245. The first-order chi connectivity index (χ1) is 15.4. The fourth-order valence-electron chi connectivity index (χ4n) is 5.43. The fraction of sp³-hybridized carbons (Fsp3) is 0.889. The molecule has 1 aliphatic carbocycles. The minimum Gasteiger partial charge on any atom is -0.444 e. The molecule has 34 heavy (non-hydrogen) atoms. The number of carbonyl (C=O) groups is 1. The lowest BCUT2D eigenvalue weighted by Crippen LogP contribution is -2.59. The summed E-state index contributed by atoms with van der Waals surface area (Å²) in [5.74, 6) is 2.14. The van der Waals surface area contributed by atoms with E-state index in [4.69, 9.17) is 25.1 Å². The van der Waals surface area contributed by atoms with E-state index >= 15 is 0 Å². The highest BCUT2D eigenvalue weighted by molar-refractivity contribution is 6.74. The number of terminal acetylenes is 1. The molecule has 1 spiro atoms. The second-order valence-corrected chi connectivity index (χ2v) is 17.9. The molecule has 0 aromatic carbocycles. The van der Waals surface area contributed by atoms with Gasteiger partial charge < -0.3 is 23.5 Å². The molecule has 196 valence electrons. The molecule has 0 aromatic heterocycles. The van der Waals surface area contributed by atoms with Crippen LogP contribution in [-0.4, -0.2) is 63.6 Å². The molecule has 6 nitrogen and oxygen atoms in total. The summed E-state index contributed by atoms with van der Waals surface area (Å²) in [5.41, 5.74) is -1.34. The van der Waals surface area contributed by atoms with Crippen molar-refractivity contribution < 1.29 is 23.4 Å². The highest BCUT2D eigenvalue weighted by Gasteiger charge is 2.68. The number of hydrogen-bond acceptors (Lipinski definition) is 5. The van der Waals surface area contributed by atoms with Crippen molar-refractivity contribution in [1.82, 2.24) is 4.90 Å². The standard InChI is InChI=1S/C27H49NO5Si/c1-13-14-21(28(10)22(29)33-23(2,3)4)25(8)15-16-27(30-19-20-31-27)26(25,9)17-18-32-34(11,12)24(5,6)7/h1,21H,14-20H2,2-12H3/t21-,25+,26-/m0/s1. The maximum Gasteiger partial charge on any atom is 0.410 e. The van der Waals surface area contributed by atoms with Crippen LogP contribution in [-0.2, 0) is 18.6 Å². The topological polar surface area (TPSA) is 57.2 Å². The summed E-state index contributed by atoms with van der Waals surface area (Å²) in [6.07, 6.45) is 8.29. The Morgan fingerprint density at radius 2 is 1.68 bits per heavy atom. The zero-order valence-electron chi connectivity index (χ0n) is 23.6. The Hall–Kier alpha value is -1.07. The molecule has 2 rings (SSSR count). The van der Waals surface area contributed by atoms with E-state index in [2.05, 4.69) is 53.6 Å². The van der Waals surface area contributed by atoms with E-state index in [1.54, 1.807) is 11.9 Å². The van der Waals surface area contributed by atoms with E-state index in [9.17, 15) is 4.79 Å². The minimum atomic E-state index is -1.91. The van der Waals surface area contributed by atoms with Gasteiger partial charge in [-0.1, -0.05) is 34.6 Å². The van der Waals surface area contributed by atoms with Gasteiger partial charge in [0.2, 0.25) is 0 Å². The summed E-state index contributed by atoms with van der Waals surface area (Å²) in [6.45, 7) is 23.2. The fourth-order valence-corrected chi connectivity index (χ4v) is 6.47. The molecule has 1 heterocycles. The van der Waals surface area contributed by atoms with E-state index < -0.39 is 25.1 Å². The first-order valence-electron chi connectivity index (χ1n) is 12.7. The minimum absolute atomic E-state index is 0.133. The number of ether oxygens (including phenoxy) is 3. The van der Waals surface area contributed by atoms with Gasteiger partial charge in [-0.05, 0) is 57.2 Å². The molecular formula is C27H49NO5Si. The summed E-state index contributed by atoms with van der Waals surface area (Å²) in [7, 11) is -0.114. The molecule has 0 radical (unpaired) electrons. The van der Waals surface area contributed by atoms with Crippen LogP contribution in [0.2, 0.25) is 18.1 Å². The van der Waals surface area contributed by atoms with E-state index in [1.165, 1.54) is 0 Å². The van der Waals surface area contributed by atoms with Crippen LogP contribution in [0.25, 0.3) is 0 Å². The first kappa shape index (κ1) is 29.2. The van der Waals surface area contributed by atoms with Gasteiger partial charge in [0.25, 0.3) is 0 Å². The van der Waals surface area contributed by atoms with Crippen molar-refractivity contribution in [3.05, 3.63) is 0 Å². The van der Waals surface area contributed by atoms with Gasteiger partial charge in [-0.15, -0.1) is 12.3 Å². The van der Waals surface area contributed by atoms with E-state index in [0.717, 1.165) is 19.3 Å². The number of rotatable bonds is 7. The van der Waals surface area contributed by atoms with Crippen LogP contribution in [0.4, 0.5) is 4.79 Å². The third-order valence-electron chi connectivity index (χ3n) is 8.90. The quantitative estimate of drug-likeness (QED) is 0.311. The van der Waals surface area contributed by atoms with Gasteiger partial charge >= 0.3 is 6.09 Å². The van der Waals surface area contributed by atoms with Gasteiger partial charge in [0.1, 0.15) is 5.60 Å². The SMILES string of the molecule is C#CC[C@H](N(C)C(=O)OC(C)(C)C)[C@@]1(C)CCC2(OCCO2)[C@@]1(C)CCO[Si](C)(C)C(C)(C)C. The highest BCUT2D eigenvalue weighted by Crippen LogP contribution is 2.65. The number of hydrogen-bond donors (Lipinski definition) is 0. The maximum absolute atomic E-state index is 13.1. The first-order valence-corrected chi connectivity index (χ1v) is 15.6. The van der Waals surface area contributed by atoms with Gasteiger partial charge in [-0.2, -0.15) is 0 Å². The number of carbonyl (C=O) groups excluding carboxylic acids is 1. The molecule has 0 aromatic rings. The van der Waals surface area contributed by atoms with Crippen molar-refractivity contribution in [2.75, 3.05) is 26.9 Å². The van der Waals surface area contributed by atoms with Crippen LogP contribution in [0.1, 0.15) is 81.1 Å². The molecule has 0 unspecified atom stereocenters. The predicted octanol–water partition coefficient (Wildman–Crippen LogP) is 6.21. The van der Waals surface area contributed by atoms with Crippen LogP contribution >= 0.6 is 0 Å². The Kier molecular flexibility index (Phi) is 8.37. The molecule has 2 fully saturated rings. The van der Waals surface area contributed by atoms with Crippen LogP contribution in [0.5, 0.6) is 0 Å². The molecule has 7 heteroatoms. The molecule has 1 saturated carbocycles. The van der Waals surface area contributed by atoms with E-state index in [1.807, 2.05) is 20.8 Å². The van der Waals surface area contributed by atoms with Crippen LogP contribution in [0.3, 0.4) is 0 Å². The number of nitrogens with zero attached hydrogens (tertiary/aromatic N) is 1. The number of amides is 1. The van der Waals surface area contributed by atoms with Crippen molar-refractivity contribution in [2.45, 2.75) is 117 Å². The smallest absolute Gasteiger partial charge is 0.410 e. The monoisotopic (exact) mass is 495 g/mol. The molecule has 1 saturated heterocycles. The third kappa shape index (κ3) is 5.35. The Balaban J connectivity index is 2.42. The van der Waals surface area contributed by atoms with Gasteiger partial charge in [0, 0.05) is 31.9 Å². The zero-order valence-corrected chi connectivity index (χ0v) is 24.6. The average molecular weight is 496 g/mol. The van der Waals surface area contributed by atoms with Crippen LogP contribution in [0, 0.1) is 23.2 Å². The third-order valence-corrected chi connectivity index (χ3v) is 13.4. The lowest BCUT2D eigenvalue weighted by Gasteiger charge is -2.53. The Bertz CT molecular complexity index is 771. The van der Waals surface area contributed by atoms with Crippen molar-refractivity contribution >= 4 is 14.4 Å². The van der Waals surface area contributed by atoms with Crippen molar-refractivity contribution in [2.24, 2.45) is 10.8 Å². The zero-order chi connectivity index (χ0) is 26.2. The van der Waals surface area contributed by atoms with E-state index in [-0.39, 0.29) is 22.6 Å². The predicted molar refractivity (Wildman–Crippen MR) is 139 cm³/mol. The summed E-state index contributed by atoms with van der Waals surface area (Å²) in [6, 6.07) is -0.225. The highest BCUT2D eigenvalue weighted by atomic mass is 28.4. The summed E-state index contributed by atoms with van der Waals surface area (Å²) in [4.78, 5) is 14.8. The van der Waals surface area contributed by atoms with Crippen LogP contribution in [0.15, 0.2) is 0 Å². The van der Waals surface area contributed by atoms with Crippen LogP contribution < -0.4 is 0 Å². The van der Waals surface area contributed by atoms with E-state index in [0.29, 0.717) is 26.2 Å². The molecule has 1 amide bonds. The Morgan fingerprint density at radius 1 is 1.12 bits per heavy atom. The summed E-state index contributed by atoms with van der Waals surface area (Å²) in [5, 5.41) is 0.133. The molecule has 1 aliphatic heterocycles. The normalized spacial score (nSPS) is 28.1. The van der Waals surface area contributed by atoms with Crippen molar-refractivity contribution in [1.29, 1.82) is 0 Å². The maximum atomic E-state index is 13.1. The molecule has 0 N–H and O–H groups in total. The second kappa shape index (κ2) is 9.76. The summed E-state index contributed by atoms with van der Waals surface area (Å²) >= 11 is 0.